The second kappa shape index (κ2) is 7.94. The van der Waals surface area contributed by atoms with Crippen molar-refractivity contribution < 1.29 is 4.79 Å². The van der Waals surface area contributed by atoms with Gasteiger partial charge in [-0.2, -0.15) is 5.10 Å². The van der Waals surface area contributed by atoms with E-state index in [2.05, 4.69) is 10.6 Å². The van der Waals surface area contributed by atoms with Gasteiger partial charge in [0.25, 0.3) is 0 Å². The second-order valence-electron chi connectivity index (χ2n) is 8.06. The number of carbonyl (C=O) groups excluding carboxylic acids is 1. The Morgan fingerprint density at radius 1 is 0.818 bits per heavy atom. The molecule has 0 saturated heterocycles. The van der Waals surface area contributed by atoms with Crippen LogP contribution in [0.5, 0.6) is 0 Å². The molecule has 2 N–H and O–H groups in total. The Morgan fingerprint density at radius 2 is 1.55 bits per heavy atom. The van der Waals surface area contributed by atoms with Crippen molar-refractivity contribution in [2.75, 3.05) is 10.6 Å². The number of anilines is 2. The van der Waals surface area contributed by atoms with Gasteiger partial charge in [0.15, 0.2) is 0 Å². The van der Waals surface area contributed by atoms with Crippen LogP contribution in [0, 0.1) is 0 Å². The molecule has 2 aromatic carbocycles. The molecule has 3 heterocycles. The van der Waals surface area contributed by atoms with Crippen LogP contribution in [0.1, 0.15) is 17.7 Å². The number of benzene rings is 2. The Kier molecular flexibility index (Phi) is 4.65. The summed E-state index contributed by atoms with van der Waals surface area (Å²) < 4.78 is 3.72. The van der Waals surface area contributed by atoms with E-state index in [9.17, 15) is 4.79 Å². The summed E-state index contributed by atoms with van der Waals surface area (Å²) in [5.41, 5.74) is 5.50. The Hall–Kier alpha value is -4.39. The molecule has 1 aliphatic carbocycles. The van der Waals surface area contributed by atoms with Gasteiger partial charge in [0.2, 0.25) is 0 Å². The minimum absolute atomic E-state index is 0.329. The van der Waals surface area contributed by atoms with Crippen LogP contribution < -0.4 is 10.6 Å². The number of nitrogens with zero attached hydrogens (tertiary/aromatic N) is 4. The highest BCUT2D eigenvalue weighted by molar-refractivity contribution is 6.02. The smallest absolute Gasteiger partial charge is 0.292 e. The number of nitrogens with one attached hydrogen (secondary N) is 2. The molecular weight excluding hydrogens is 412 g/mol. The number of urea groups is 1. The van der Waals surface area contributed by atoms with Crippen LogP contribution in [0.3, 0.4) is 0 Å². The third-order valence-corrected chi connectivity index (χ3v) is 5.95. The summed E-state index contributed by atoms with van der Waals surface area (Å²) >= 11 is 0. The average Bonchev–Trinajstić information content (AvgIpc) is 3.55. The normalized spacial score (nSPS) is 12.6. The first kappa shape index (κ1) is 19.3. The van der Waals surface area contributed by atoms with Crippen LogP contribution >= 0.6 is 0 Å². The largest absolute Gasteiger partial charge is 0.326 e. The molecular formula is C26H22N6O. The van der Waals surface area contributed by atoms with Gasteiger partial charge in [0.1, 0.15) is 23.0 Å². The van der Waals surface area contributed by atoms with E-state index in [1.54, 1.807) is 0 Å². The van der Waals surface area contributed by atoms with E-state index in [0.29, 0.717) is 5.82 Å². The summed E-state index contributed by atoms with van der Waals surface area (Å²) in [6.45, 7) is 0. The van der Waals surface area contributed by atoms with E-state index in [1.165, 1.54) is 0 Å². The Balaban J connectivity index is 1.37. The average molecular weight is 435 g/mol. The summed E-state index contributed by atoms with van der Waals surface area (Å²) in [6, 6.07) is 25.2. The van der Waals surface area contributed by atoms with Crippen LogP contribution in [0.25, 0.3) is 22.6 Å². The van der Waals surface area contributed by atoms with E-state index in [-0.39, 0.29) is 6.03 Å². The first-order chi connectivity index (χ1) is 16.3. The first-order valence-electron chi connectivity index (χ1n) is 11.0. The van der Waals surface area contributed by atoms with Crippen LogP contribution in [0.4, 0.5) is 16.4 Å². The van der Waals surface area contributed by atoms with Crippen molar-refractivity contribution in [3.8, 4) is 16.9 Å². The maximum absolute atomic E-state index is 13.3. The molecule has 0 aliphatic heterocycles. The molecule has 7 heteroatoms. The summed E-state index contributed by atoms with van der Waals surface area (Å²) in [6.07, 6.45) is 4.78. The third-order valence-electron chi connectivity index (χ3n) is 5.95. The van der Waals surface area contributed by atoms with Crippen molar-refractivity contribution in [1.29, 1.82) is 0 Å². The van der Waals surface area contributed by atoms with E-state index in [4.69, 9.17) is 10.1 Å². The maximum atomic E-state index is 13.3. The van der Waals surface area contributed by atoms with Gasteiger partial charge in [-0.3, -0.25) is 15.0 Å². The van der Waals surface area contributed by atoms with Crippen molar-refractivity contribution in [1.82, 2.24) is 19.2 Å². The lowest BCUT2D eigenvalue weighted by molar-refractivity contribution is 0.262. The monoisotopic (exact) mass is 434 g/mol. The SMILES string of the molecule is O=C(Nc1c2c(nn1-c1ccccc1)CCC2)Nc1c(-c2ccccc2)nc2ccccn12. The number of hydrogen-bond donors (Lipinski definition) is 2. The minimum Gasteiger partial charge on any atom is -0.292 e. The van der Waals surface area contributed by atoms with Gasteiger partial charge in [-0.05, 0) is 43.5 Å². The Morgan fingerprint density at radius 3 is 2.36 bits per heavy atom. The van der Waals surface area contributed by atoms with Crippen molar-refractivity contribution >= 4 is 23.3 Å². The lowest BCUT2D eigenvalue weighted by Gasteiger charge is -2.13. The van der Waals surface area contributed by atoms with Gasteiger partial charge in [0.05, 0.1) is 11.4 Å². The number of aryl methyl sites for hydroxylation is 1. The predicted molar refractivity (Wildman–Crippen MR) is 129 cm³/mol. The zero-order chi connectivity index (χ0) is 22.2. The van der Waals surface area contributed by atoms with Crippen LogP contribution in [-0.2, 0) is 12.8 Å². The van der Waals surface area contributed by atoms with Crippen molar-refractivity contribution in [3.63, 3.8) is 0 Å². The summed E-state index contributed by atoms with van der Waals surface area (Å²) in [5.74, 6) is 1.35. The molecule has 6 rings (SSSR count). The van der Waals surface area contributed by atoms with Gasteiger partial charge in [-0.15, -0.1) is 0 Å². The quantitative estimate of drug-likeness (QED) is 0.402. The fourth-order valence-electron chi connectivity index (χ4n) is 4.44. The number of carbonyl (C=O) groups is 1. The van der Waals surface area contributed by atoms with Crippen LogP contribution in [-0.4, -0.2) is 25.2 Å². The Labute approximate surface area is 190 Å². The molecule has 0 saturated carbocycles. The lowest BCUT2D eigenvalue weighted by atomic mass is 10.1. The number of aromatic nitrogens is 4. The number of amides is 2. The third kappa shape index (κ3) is 3.43. The molecule has 0 fully saturated rings. The van der Waals surface area contributed by atoms with Crippen molar-refractivity contribution in [3.05, 3.63) is 96.3 Å². The standard InChI is InChI=1S/C26H22N6O/c33-26(28-24-20-14-9-15-21(20)30-32(24)19-12-5-2-6-13-19)29-25-23(18-10-3-1-4-11-18)27-22-16-7-8-17-31(22)25/h1-8,10-13,16-17H,9,14-15H2,(H2,28,29,33). The molecule has 0 unspecified atom stereocenters. The number of para-hydroxylation sites is 1. The minimum atomic E-state index is -0.329. The molecule has 1 aliphatic rings. The molecule has 2 amide bonds. The maximum Gasteiger partial charge on any atom is 0.326 e. The second-order valence-corrected chi connectivity index (χ2v) is 8.06. The highest BCUT2D eigenvalue weighted by atomic mass is 16.2. The Bertz CT molecular complexity index is 1450. The van der Waals surface area contributed by atoms with E-state index < -0.39 is 0 Å². The predicted octanol–water partition coefficient (Wildman–Crippen LogP) is 5.32. The molecule has 0 bridgehead atoms. The molecule has 5 aromatic rings. The topological polar surface area (TPSA) is 76.2 Å². The van der Waals surface area contributed by atoms with Crippen molar-refractivity contribution in [2.45, 2.75) is 19.3 Å². The molecule has 162 valence electrons. The molecule has 0 spiro atoms. The molecule has 0 atom stereocenters. The molecule has 33 heavy (non-hydrogen) atoms. The van der Waals surface area contributed by atoms with Crippen molar-refractivity contribution in [2.24, 2.45) is 0 Å². The highest BCUT2D eigenvalue weighted by Crippen LogP contribution is 2.32. The van der Waals surface area contributed by atoms with Crippen LogP contribution in [0.2, 0.25) is 0 Å². The first-order valence-corrected chi connectivity index (χ1v) is 11.0. The summed E-state index contributed by atoms with van der Waals surface area (Å²) in [7, 11) is 0. The van der Waals surface area contributed by atoms with Gasteiger partial charge < -0.3 is 0 Å². The molecule has 3 aromatic heterocycles. The molecule has 0 radical (unpaired) electrons. The number of imidazole rings is 1. The van der Waals surface area contributed by atoms with Gasteiger partial charge in [-0.25, -0.2) is 14.5 Å². The lowest BCUT2D eigenvalue weighted by Crippen LogP contribution is -2.23. The zero-order valence-corrected chi connectivity index (χ0v) is 17.9. The fraction of sp³-hybridized carbons (Fsp3) is 0.115. The van der Waals surface area contributed by atoms with E-state index in [0.717, 1.165) is 58.9 Å². The van der Waals surface area contributed by atoms with Crippen LogP contribution in [0.15, 0.2) is 85.1 Å². The molecule has 7 nitrogen and oxygen atoms in total. The number of fused-ring (bicyclic) bond motifs is 2. The summed E-state index contributed by atoms with van der Waals surface area (Å²) in [4.78, 5) is 18.0. The fourth-order valence-corrected chi connectivity index (χ4v) is 4.44. The van der Waals surface area contributed by atoms with E-state index in [1.807, 2.05) is 94.1 Å². The zero-order valence-electron chi connectivity index (χ0n) is 17.9. The summed E-state index contributed by atoms with van der Waals surface area (Å²) in [5, 5.41) is 10.9. The number of rotatable bonds is 4. The number of hydrogen-bond acceptors (Lipinski definition) is 3. The van der Waals surface area contributed by atoms with Gasteiger partial charge in [-0.1, -0.05) is 54.6 Å². The van der Waals surface area contributed by atoms with E-state index >= 15 is 0 Å². The number of pyridine rings is 1. The highest BCUT2D eigenvalue weighted by Gasteiger charge is 2.25. The van der Waals surface area contributed by atoms with Gasteiger partial charge in [0, 0.05) is 17.3 Å². The van der Waals surface area contributed by atoms with Gasteiger partial charge >= 0.3 is 6.03 Å².